The fraction of sp³-hybridized carbons (Fsp3) is 0.333. The van der Waals surface area contributed by atoms with Gasteiger partial charge in [0.25, 0.3) is 0 Å². The van der Waals surface area contributed by atoms with Crippen molar-refractivity contribution in [3.63, 3.8) is 0 Å². The summed E-state index contributed by atoms with van der Waals surface area (Å²) in [4.78, 5) is 2.32. The van der Waals surface area contributed by atoms with Gasteiger partial charge in [-0.1, -0.05) is 48.9 Å². The summed E-state index contributed by atoms with van der Waals surface area (Å²) in [6.45, 7) is 4.28. The van der Waals surface area contributed by atoms with Gasteiger partial charge >= 0.3 is 0 Å². The number of rotatable bonds is 3. The van der Waals surface area contributed by atoms with Crippen molar-refractivity contribution in [2.24, 2.45) is 5.92 Å². The van der Waals surface area contributed by atoms with E-state index in [1.807, 2.05) is 25.1 Å². The topological polar surface area (TPSA) is 36.6 Å². The molecule has 0 radical (unpaired) electrons. The molecule has 1 N–H and O–H groups in total. The van der Waals surface area contributed by atoms with E-state index in [1.165, 1.54) is 17.9 Å². The summed E-state index contributed by atoms with van der Waals surface area (Å²) in [5, 5.41) is 12.0. The van der Waals surface area contributed by atoms with Gasteiger partial charge in [0.2, 0.25) is 0 Å². The second-order valence-electron chi connectivity index (χ2n) is 7.18. The maximum absolute atomic E-state index is 14.3. The fourth-order valence-corrected chi connectivity index (χ4v) is 4.19. The van der Waals surface area contributed by atoms with E-state index in [-0.39, 0.29) is 10.9 Å². The number of hydrogen-bond acceptors (Lipinski definition) is 3. The van der Waals surface area contributed by atoms with Crippen LogP contribution < -0.4 is 0 Å². The average molecular weight is 374 g/mol. The molecule has 3 aromatic rings. The lowest BCUT2D eigenvalue weighted by Crippen LogP contribution is -2.48. The van der Waals surface area contributed by atoms with Crippen molar-refractivity contribution < 1.29 is 13.9 Å². The van der Waals surface area contributed by atoms with E-state index in [1.54, 1.807) is 6.07 Å². The summed E-state index contributed by atoms with van der Waals surface area (Å²) in [6, 6.07) is 13.2. The molecular formula is C21H21ClFNO2. The number of halogens is 2. The molecule has 0 saturated carbocycles. The highest BCUT2D eigenvalue weighted by atomic mass is 35.5. The molecule has 1 fully saturated rings. The molecule has 2 aromatic carbocycles. The molecule has 3 nitrogen and oxygen atoms in total. The first-order chi connectivity index (χ1) is 12.5. The number of hydrogen-bond donors (Lipinski definition) is 1. The molecule has 26 heavy (non-hydrogen) atoms. The standard InChI is InChI=1S/C21H21ClFNO2/c1-14-12-24(13-15-5-3-2-4-6-15)9-8-21(14,25)17-11-18(23)19(22)16-7-10-26-20(16)17/h2-7,10-11,14,25H,8-9,12-13H2,1H3/t14-,21+/m0/s1. The first-order valence-electron chi connectivity index (χ1n) is 8.83. The molecule has 0 unspecified atom stereocenters. The highest BCUT2D eigenvalue weighted by Gasteiger charge is 2.42. The Kier molecular flexibility index (Phi) is 4.51. The molecule has 1 saturated heterocycles. The van der Waals surface area contributed by atoms with Crippen molar-refractivity contribution in [3.8, 4) is 0 Å². The smallest absolute Gasteiger partial charge is 0.143 e. The molecule has 1 aliphatic rings. The van der Waals surface area contributed by atoms with Crippen LogP contribution in [-0.2, 0) is 12.1 Å². The van der Waals surface area contributed by atoms with Crippen LogP contribution in [0.5, 0.6) is 0 Å². The number of nitrogens with zero attached hydrogens (tertiary/aromatic N) is 1. The maximum Gasteiger partial charge on any atom is 0.143 e. The van der Waals surface area contributed by atoms with Crippen LogP contribution >= 0.6 is 11.6 Å². The predicted molar refractivity (Wildman–Crippen MR) is 101 cm³/mol. The normalized spacial score (nSPS) is 24.2. The van der Waals surface area contributed by atoms with Crippen LogP contribution in [0.3, 0.4) is 0 Å². The largest absolute Gasteiger partial charge is 0.464 e. The third-order valence-corrected chi connectivity index (χ3v) is 5.88. The zero-order valence-electron chi connectivity index (χ0n) is 14.6. The summed E-state index contributed by atoms with van der Waals surface area (Å²) < 4.78 is 19.9. The number of piperidine rings is 1. The highest BCUT2D eigenvalue weighted by Crippen LogP contribution is 2.43. The summed E-state index contributed by atoms with van der Waals surface area (Å²) in [5.41, 5.74) is 1.07. The van der Waals surface area contributed by atoms with Crippen LogP contribution in [0.4, 0.5) is 4.39 Å². The van der Waals surface area contributed by atoms with Crippen molar-refractivity contribution in [2.45, 2.75) is 25.5 Å². The summed E-state index contributed by atoms with van der Waals surface area (Å²) in [6.07, 6.45) is 2.00. The van der Waals surface area contributed by atoms with Crippen molar-refractivity contribution in [3.05, 3.63) is 70.7 Å². The molecule has 1 aromatic heterocycles. The van der Waals surface area contributed by atoms with E-state index in [9.17, 15) is 9.50 Å². The summed E-state index contributed by atoms with van der Waals surface area (Å²) in [5.74, 6) is -0.600. The first kappa shape index (κ1) is 17.5. The number of furan rings is 1. The van der Waals surface area contributed by atoms with E-state index in [0.29, 0.717) is 23.0 Å². The Labute approximate surface area is 157 Å². The van der Waals surface area contributed by atoms with Crippen molar-refractivity contribution in [1.82, 2.24) is 4.90 Å². The maximum atomic E-state index is 14.3. The minimum Gasteiger partial charge on any atom is -0.464 e. The SMILES string of the molecule is C[C@H]1CN(Cc2ccccc2)CC[C@]1(O)c1cc(F)c(Cl)c2ccoc12. The number of aliphatic hydroxyl groups is 1. The lowest BCUT2D eigenvalue weighted by Gasteiger charge is -2.43. The molecule has 0 bridgehead atoms. The van der Waals surface area contributed by atoms with Gasteiger partial charge < -0.3 is 9.52 Å². The van der Waals surface area contributed by atoms with E-state index in [4.69, 9.17) is 16.0 Å². The van der Waals surface area contributed by atoms with E-state index < -0.39 is 11.4 Å². The molecule has 0 aliphatic carbocycles. The van der Waals surface area contributed by atoms with Gasteiger partial charge in [0.1, 0.15) is 11.4 Å². The molecule has 2 atom stereocenters. The third kappa shape index (κ3) is 2.92. The molecule has 1 aliphatic heterocycles. The van der Waals surface area contributed by atoms with Crippen LogP contribution in [0.2, 0.25) is 5.02 Å². The number of fused-ring (bicyclic) bond motifs is 1. The van der Waals surface area contributed by atoms with Gasteiger partial charge in [-0.05, 0) is 24.1 Å². The number of likely N-dealkylation sites (tertiary alicyclic amines) is 1. The number of benzene rings is 2. The Morgan fingerprint density at radius 1 is 1.31 bits per heavy atom. The average Bonchev–Trinajstić information content (AvgIpc) is 3.12. The van der Waals surface area contributed by atoms with Crippen LogP contribution in [0.15, 0.2) is 53.1 Å². The minimum absolute atomic E-state index is 0.0373. The second kappa shape index (κ2) is 6.69. The van der Waals surface area contributed by atoms with Crippen molar-refractivity contribution >= 4 is 22.6 Å². The lowest BCUT2D eigenvalue weighted by atomic mass is 9.76. The lowest BCUT2D eigenvalue weighted by molar-refractivity contribution is -0.0724. The van der Waals surface area contributed by atoms with E-state index >= 15 is 0 Å². The molecule has 136 valence electrons. The van der Waals surface area contributed by atoms with Crippen LogP contribution in [0.1, 0.15) is 24.5 Å². The van der Waals surface area contributed by atoms with Gasteiger partial charge in [0.05, 0.1) is 16.9 Å². The molecular weight excluding hydrogens is 353 g/mol. The van der Waals surface area contributed by atoms with Gasteiger partial charge in [0.15, 0.2) is 0 Å². The monoisotopic (exact) mass is 373 g/mol. The van der Waals surface area contributed by atoms with Crippen molar-refractivity contribution in [2.75, 3.05) is 13.1 Å². The molecule has 0 spiro atoms. The Morgan fingerprint density at radius 3 is 2.81 bits per heavy atom. The van der Waals surface area contributed by atoms with Gasteiger partial charge in [-0.3, -0.25) is 4.90 Å². The second-order valence-corrected chi connectivity index (χ2v) is 7.56. The summed E-state index contributed by atoms with van der Waals surface area (Å²) in [7, 11) is 0. The zero-order valence-corrected chi connectivity index (χ0v) is 15.3. The van der Waals surface area contributed by atoms with Gasteiger partial charge in [-0.25, -0.2) is 4.39 Å². The molecule has 2 heterocycles. The Morgan fingerprint density at radius 2 is 2.08 bits per heavy atom. The Balaban J connectivity index is 1.62. The van der Waals surface area contributed by atoms with Gasteiger partial charge in [0, 0.05) is 36.5 Å². The van der Waals surface area contributed by atoms with Crippen molar-refractivity contribution in [1.29, 1.82) is 0 Å². The minimum atomic E-state index is -1.14. The zero-order chi connectivity index (χ0) is 18.3. The van der Waals surface area contributed by atoms with Gasteiger partial charge in [-0.15, -0.1) is 0 Å². The van der Waals surface area contributed by atoms with Crippen LogP contribution in [-0.4, -0.2) is 23.1 Å². The first-order valence-corrected chi connectivity index (χ1v) is 9.21. The third-order valence-electron chi connectivity index (χ3n) is 5.50. The quantitative estimate of drug-likeness (QED) is 0.705. The van der Waals surface area contributed by atoms with E-state index in [0.717, 1.165) is 19.6 Å². The molecule has 5 heteroatoms. The van der Waals surface area contributed by atoms with E-state index in [2.05, 4.69) is 17.0 Å². The Bertz CT molecular complexity index is 926. The highest BCUT2D eigenvalue weighted by molar-refractivity contribution is 6.35. The summed E-state index contributed by atoms with van der Waals surface area (Å²) >= 11 is 6.05. The van der Waals surface area contributed by atoms with Crippen LogP contribution in [0, 0.1) is 11.7 Å². The van der Waals surface area contributed by atoms with Gasteiger partial charge in [-0.2, -0.15) is 0 Å². The fourth-order valence-electron chi connectivity index (χ4n) is 3.99. The molecule has 0 amide bonds. The van der Waals surface area contributed by atoms with Crippen LogP contribution in [0.25, 0.3) is 11.0 Å². The Hall–Kier alpha value is -1.88. The molecule has 4 rings (SSSR count). The predicted octanol–water partition coefficient (Wildman–Crippen LogP) is 4.95.